The number of esters is 1. The second kappa shape index (κ2) is 8.66. The molecule has 0 fully saturated rings. The quantitative estimate of drug-likeness (QED) is 0.533. The molecule has 1 aromatic heterocycles. The second-order valence-electron chi connectivity index (χ2n) is 6.61. The average Bonchev–Trinajstić information content (AvgIpc) is 2.92. The fraction of sp³-hybridized carbons (Fsp3) is 0.368. The van der Waals surface area contributed by atoms with Crippen LogP contribution < -0.4 is 4.72 Å². The lowest BCUT2D eigenvalue weighted by Gasteiger charge is -2.13. The number of hydrogen-bond acceptors (Lipinski definition) is 5. The fourth-order valence-electron chi connectivity index (χ4n) is 3.00. The van der Waals surface area contributed by atoms with Crippen LogP contribution >= 0.6 is 0 Å². The first-order valence-corrected chi connectivity index (χ1v) is 10.1. The number of aryl methyl sites for hydroxylation is 1. The molecule has 7 nitrogen and oxygen atoms in total. The third-order valence-corrected chi connectivity index (χ3v) is 5.58. The normalized spacial score (nSPS) is 11.6. The van der Waals surface area contributed by atoms with E-state index in [4.69, 9.17) is 4.74 Å². The van der Waals surface area contributed by atoms with Gasteiger partial charge in [-0.1, -0.05) is 6.07 Å². The van der Waals surface area contributed by atoms with Crippen LogP contribution in [0, 0.1) is 19.7 Å². The van der Waals surface area contributed by atoms with Crippen molar-refractivity contribution in [1.82, 2.24) is 9.29 Å². The molecule has 0 spiro atoms. The van der Waals surface area contributed by atoms with Gasteiger partial charge in [-0.25, -0.2) is 12.8 Å². The molecule has 28 heavy (non-hydrogen) atoms. The maximum absolute atomic E-state index is 13.2. The lowest BCUT2D eigenvalue weighted by molar-refractivity contribution is -0.141. The molecular weight excluding hydrogens is 387 g/mol. The van der Waals surface area contributed by atoms with E-state index in [1.165, 1.54) is 12.1 Å². The third-order valence-electron chi connectivity index (χ3n) is 4.18. The number of sulfonamides is 1. The number of halogens is 1. The van der Waals surface area contributed by atoms with Crippen molar-refractivity contribution in [1.29, 1.82) is 0 Å². The number of nitrogens with one attached hydrogen (secondary N) is 1. The second-order valence-corrected chi connectivity index (χ2v) is 8.38. The van der Waals surface area contributed by atoms with E-state index in [2.05, 4.69) is 0 Å². The first kappa shape index (κ1) is 21.8. The molecule has 0 aliphatic rings. The molecule has 152 valence electrons. The highest BCUT2D eigenvalue weighted by Gasteiger charge is 2.20. The molecule has 0 saturated carbocycles. The molecule has 0 aliphatic heterocycles. The summed E-state index contributed by atoms with van der Waals surface area (Å²) in [6.07, 6.45) is 0. The Labute approximate surface area is 163 Å². The van der Waals surface area contributed by atoms with Gasteiger partial charge in [-0.15, -0.1) is 0 Å². The lowest BCUT2D eigenvalue weighted by atomic mass is 10.1. The van der Waals surface area contributed by atoms with Crippen molar-refractivity contribution in [3.05, 3.63) is 53.1 Å². The summed E-state index contributed by atoms with van der Waals surface area (Å²) >= 11 is 0. The minimum atomic E-state index is -4.07. The zero-order valence-corrected chi connectivity index (χ0v) is 17.0. The van der Waals surface area contributed by atoms with E-state index in [9.17, 15) is 22.4 Å². The molecular formula is C19H23FN2O5S. The van der Waals surface area contributed by atoms with Gasteiger partial charge in [0.25, 0.3) is 0 Å². The Balaban J connectivity index is 1.94. The molecule has 0 atom stereocenters. The standard InChI is InChI=1S/C19H23FN2O5S/c1-12(2)22-13(3)8-17(14(22)4)18(23)11-27-19(24)10-21-28(25,26)16-7-5-6-15(20)9-16/h5-9,12,21H,10-11H2,1-4H3. The minimum Gasteiger partial charge on any atom is -0.456 e. The molecule has 1 aromatic carbocycles. The molecule has 2 aromatic rings. The van der Waals surface area contributed by atoms with Crippen molar-refractivity contribution in [2.24, 2.45) is 0 Å². The number of aromatic nitrogens is 1. The maximum atomic E-state index is 13.2. The fourth-order valence-corrected chi connectivity index (χ4v) is 4.00. The number of carbonyl (C=O) groups excluding carboxylic acids is 2. The Kier molecular flexibility index (Phi) is 6.73. The van der Waals surface area contributed by atoms with Gasteiger partial charge in [0.2, 0.25) is 15.8 Å². The Morgan fingerprint density at radius 2 is 1.89 bits per heavy atom. The first-order valence-electron chi connectivity index (χ1n) is 8.65. The molecule has 1 N–H and O–H groups in total. The van der Waals surface area contributed by atoms with Crippen molar-refractivity contribution in [2.45, 2.75) is 38.6 Å². The minimum absolute atomic E-state index is 0.182. The van der Waals surface area contributed by atoms with Gasteiger partial charge in [-0.3, -0.25) is 9.59 Å². The van der Waals surface area contributed by atoms with Crippen molar-refractivity contribution in [3.8, 4) is 0 Å². The van der Waals surface area contributed by atoms with E-state index >= 15 is 0 Å². The Bertz CT molecular complexity index is 996. The smallest absolute Gasteiger partial charge is 0.321 e. The van der Waals surface area contributed by atoms with Gasteiger partial charge in [-0.2, -0.15) is 4.72 Å². The first-order chi connectivity index (χ1) is 13.0. The van der Waals surface area contributed by atoms with Crippen LogP contribution in [0.15, 0.2) is 35.2 Å². The largest absolute Gasteiger partial charge is 0.456 e. The zero-order chi connectivity index (χ0) is 21.1. The van der Waals surface area contributed by atoms with Gasteiger partial charge in [0, 0.05) is 23.0 Å². The summed E-state index contributed by atoms with van der Waals surface area (Å²) in [6.45, 7) is 6.53. The topological polar surface area (TPSA) is 94.5 Å². The highest BCUT2D eigenvalue weighted by Crippen LogP contribution is 2.20. The van der Waals surface area contributed by atoms with Gasteiger partial charge in [0.15, 0.2) is 6.61 Å². The molecule has 0 unspecified atom stereocenters. The van der Waals surface area contributed by atoms with Crippen LogP contribution in [0.25, 0.3) is 0 Å². The van der Waals surface area contributed by atoms with Gasteiger partial charge in [0.05, 0.1) is 4.90 Å². The zero-order valence-electron chi connectivity index (χ0n) is 16.2. The number of carbonyl (C=O) groups is 2. The predicted molar refractivity (Wildman–Crippen MR) is 101 cm³/mol. The van der Waals surface area contributed by atoms with Crippen LogP contribution in [-0.4, -0.2) is 37.9 Å². The Morgan fingerprint density at radius 3 is 2.46 bits per heavy atom. The van der Waals surface area contributed by atoms with Crippen LogP contribution in [0.3, 0.4) is 0 Å². The molecule has 1 heterocycles. The lowest BCUT2D eigenvalue weighted by Crippen LogP contribution is -2.31. The number of Topliss-reactive ketones (excluding diaryl/α,β-unsaturated/α-hetero) is 1. The molecule has 0 radical (unpaired) electrons. The summed E-state index contributed by atoms with van der Waals surface area (Å²) in [5, 5.41) is 0. The maximum Gasteiger partial charge on any atom is 0.321 e. The summed E-state index contributed by atoms with van der Waals surface area (Å²) in [5.74, 6) is -2.00. The number of rotatable bonds is 8. The van der Waals surface area contributed by atoms with E-state index in [1.54, 1.807) is 6.07 Å². The van der Waals surface area contributed by atoms with E-state index in [1.807, 2.05) is 37.0 Å². The number of hydrogen-bond donors (Lipinski definition) is 1. The van der Waals surface area contributed by atoms with Crippen LogP contribution in [0.5, 0.6) is 0 Å². The van der Waals surface area contributed by atoms with Crippen molar-refractivity contribution in [2.75, 3.05) is 13.2 Å². The molecule has 0 bridgehead atoms. The number of ether oxygens (including phenoxy) is 1. The monoisotopic (exact) mass is 410 g/mol. The number of nitrogens with zero attached hydrogens (tertiary/aromatic N) is 1. The van der Waals surface area contributed by atoms with E-state index < -0.39 is 35.0 Å². The Morgan fingerprint density at radius 1 is 1.21 bits per heavy atom. The van der Waals surface area contributed by atoms with E-state index in [0.717, 1.165) is 23.5 Å². The summed E-state index contributed by atoms with van der Waals surface area (Å²) in [7, 11) is -4.07. The highest BCUT2D eigenvalue weighted by atomic mass is 32.2. The van der Waals surface area contributed by atoms with Crippen LogP contribution in [0.2, 0.25) is 0 Å². The van der Waals surface area contributed by atoms with Gasteiger partial charge < -0.3 is 9.30 Å². The summed E-state index contributed by atoms with van der Waals surface area (Å²) < 4.78 is 46.1. The van der Waals surface area contributed by atoms with Crippen molar-refractivity contribution in [3.63, 3.8) is 0 Å². The Hall–Kier alpha value is -2.52. The summed E-state index contributed by atoms with van der Waals surface area (Å²) in [6, 6.07) is 6.30. The van der Waals surface area contributed by atoms with E-state index in [-0.39, 0.29) is 16.7 Å². The van der Waals surface area contributed by atoms with Crippen molar-refractivity contribution < 1.29 is 27.1 Å². The predicted octanol–water partition coefficient (Wildman–Crippen LogP) is 2.53. The van der Waals surface area contributed by atoms with Gasteiger partial charge in [-0.05, 0) is 52.0 Å². The summed E-state index contributed by atoms with van der Waals surface area (Å²) in [4.78, 5) is 23.8. The number of benzene rings is 1. The molecule has 0 aliphatic carbocycles. The average molecular weight is 410 g/mol. The molecule has 2 rings (SSSR count). The molecule has 0 saturated heterocycles. The summed E-state index contributed by atoms with van der Waals surface area (Å²) in [5.41, 5.74) is 2.16. The van der Waals surface area contributed by atoms with Crippen molar-refractivity contribution >= 4 is 21.8 Å². The van der Waals surface area contributed by atoms with Crippen LogP contribution in [0.4, 0.5) is 4.39 Å². The molecule has 0 amide bonds. The SMILES string of the molecule is Cc1cc(C(=O)COC(=O)CNS(=O)(=O)c2cccc(F)c2)c(C)n1C(C)C. The number of ketones is 1. The van der Waals surface area contributed by atoms with Gasteiger partial charge >= 0.3 is 5.97 Å². The van der Waals surface area contributed by atoms with Crippen LogP contribution in [0.1, 0.15) is 41.6 Å². The van der Waals surface area contributed by atoms with E-state index in [0.29, 0.717) is 5.56 Å². The highest BCUT2D eigenvalue weighted by molar-refractivity contribution is 7.89. The van der Waals surface area contributed by atoms with Crippen LogP contribution in [-0.2, 0) is 19.6 Å². The van der Waals surface area contributed by atoms with Gasteiger partial charge in [0.1, 0.15) is 12.4 Å². The third kappa shape index (κ3) is 5.05. The molecule has 9 heteroatoms.